The quantitative estimate of drug-likeness (QED) is 0.480. The first kappa shape index (κ1) is 19.5. The highest BCUT2D eigenvalue weighted by molar-refractivity contribution is 5.89. The fraction of sp³-hybridized carbons (Fsp3) is 0.0800. The number of rotatable bonds is 6. The summed E-state index contributed by atoms with van der Waals surface area (Å²) in [4.78, 5) is 12.7. The van der Waals surface area contributed by atoms with Crippen molar-refractivity contribution in [2.75, 3.05) is 6.61 Å². The van der Waals surface area contributed by atoms with Crippen molar-refractivity contribution in [1.82, 2.24) is 5.32 Å². The molecule has 0 aliphatic carbocycles. The minimum atomic E-state index is -0.603. The zero-order chi connectivity index (χ0) is 20.9. The Labute approximate surface area is 173 Å². The Morgan fingerprint density at radius 2 is 1.60 bits per heavy atom. The highest BCUT2D eigenvalue weighted by Crippen LogP contribution is 2.35. The van der Waals surface area contributed by atoms with Gasteiger partial charge in [0.1, 0.15) is 5.75 Å². The van der Waals surface area contributed by atoms with E-state index in [-0.39, 0.29) is 18.1 Å². The molecule has 30 heavy (non-hydrogen) atoms. The zero-order valence-corrected chi connectivity index (χ0v) is 16.1. The number of carbonyl (C=O) groups excluding carboxylic acids is 1. The third-order valence-electron chi connectivity index (χ3n) is 4.87. The van der Waals surface area contributed by atoms with E-state index in [9.17, 15) is 14.3 Å². The first-order valence-corrected chi connectivity index (χ1v) is 9.56. The number of nitrogens with one attached hydrogen (secondary N) is 1. The summed E-state index contributed by atoms with van der Waals surface area (Å²) >= 11 is 0. The second kappa shape index (κ2) is 8.66. The van der Waals surface area contributed by atoms with Crippen molar-refractivity contribution < 1.29 is 19.0 Å². The number of ether oxygens (including phenoxy) is 1. The van der Waals surface area contributed by atoms with Crippen molar-refractivity contribution in [3.05, 3.63) is 108 Å². The van der Waals surface area contributed by atoms with Gasteiger partial charge in [-0.25, -0.2) is 4.39 Å². The first-order valence-electron chi connectivity index (χ1n) is 9.56. The molecule has 0 bridgehead atoms. The van der Waals surface area contributed by atoms with Gasteiger partial charge in [0.15, 0.2) is 18.2 Å². The molecular weight excluding hydrogens is 381 g/mol. The summed E-state index contributed by atoms with van der Waals surface area (Å²) in [6, 6.07) is 25.8. The van der Waals surface area contributed by atoms with E-state index >= 15 is 0 Å². The molecule has 4 aromatic rings. The molecule has 0 aliphatic rings. The summed E-state index contributed by atoms with van der Waals surface area (Å²) in [5, 5.41) is 15.4. The standard InChI is InChI=1S/C25H20FNO3/c26-20-12-6-7-13-22(20)30-16-23(29)27-25(18-9-2-1-3-10-18)24-19-11-5-4-8-17(19)14-15-21(24)28/h1-15,25,28H,16H2,(H,27,29). The summed E-state index contributed by atoms with van der Waals surface area (Å²) < 4.78 is 19.1. The topological polar surface area (TPSA) is 58.6 Å². The molecule has 0 saturated carbocycles. The average molecular weight is 401 g/mol. The highest BCUT2D eigenvalue weighted by atomic mass is 19.1. The number of carbonyl (C=O) groups is 1. The minimum absolute atomic E-state index is 0.0110. The Morgan fingerprint density at radius 3 is 2.40 bits per heavy atom. The number of hydrogen-bond acceptors (Lipinski definition) is 3. The lowest BCUT2D eigenvalue weighted by Gasteiger charge is -2.22. The third kappa shape index (κ3) is 4.10. The molecule has 0 aromatic heterocycles. The van der Waals surface area contributed by atoms with Crippen molar-refractivity contribution in [3.8, 4) is 11.5 Å². The minimum Gasteiger partial charge on any atom is -0.508 e. The smallest absolute Gasteiger partial charge is 0.258 e. The maximum atomic E-state index is 13.8. The molecule has 0 spiro atoms. The van der Waals surface area contributed by atoms with E-state index < -0.39 is 17.8 Å². The zero-order valence-electron chi connectivity index (χ0n) is 16.1. The van der Waals surface area contributed by atoms with Crippen LogP contribution in [0.2, 0.25) is 0 Å². The molecule has 1 unspecified atom stereocenters. The number of aromatic hydroxyl groups is 1. The highest BCUT2D eigenvalue weighted by Gasteiger charge is 2.22. The molecular formula is C25H20FNO3. The molecule has 1 atom stereocenters. The SMILES string of the molecule is O=C(COc1ccccc1F)NC(c1ccccc1)c1c(O)ccc2ccccc12. The van der Waals surface area contributed by atoms with Crippen LogP contribution < -0.4 is 10.1 Å². The van der Waals surface area contributed by atoms with Gasteiger partial charge in [0.05, 0.1) is 6.04 Å². The number of phenols is 1. The molecule has 5 heteroatoms. The fourth-order valence-corrected chi connectivity index (χ4v) is 3.46. The summed E-state index contributed by atoms with van der Waals surface area (Å²) in [6.45, 7) is -0.351. The van der Waals surface area contributed by atoms with Gasteiger partial charge in [-0.15, -0.1) is 0 Å². The lowest BCUT2D eigenvalue weighted by atomic mass is 9.92. The molecule has 4 rings (SSSR count). The predicted octanol–water partition coefficient (Wildman–Crippen LogP) is 4.97. The van der Waals surface area contributed by atoms with E-state index in [4.69, 9.17) is 4.74 Å². The number of hydrogen-bond donors (Lipinski definition) is 2. The normalized spacial score (nSPS) is 11.8. The molecule has 1 amide bonds. The molecule has 0 radical (unpaired) electrons. The van der Waals surface area contributed by atoms with Crippen LogP contribution in [0.3, 0.4) is 0 Å². The molecule has 0 aliphatic heterocycles. The van der Waals surface area contributed by atoms with Crippen LogP contribution >= 0.6 is 0 Å². The summed E-state index contributed by atoms with van der Waals surface area (Å²) in [5.41, 5.74) is 1.40. The monoisotopic (exact) mass is 401 g/mol. The van der Waals surface area contributed by atoms with Crippen LogP contribution in [0.15, 0.2) is 91.0 Å². The number of amides is 1. The maximum Gasteiger partial charge on any atom is 0.258 e. The molecule has 4 nitrogen and oxygen atoms in total. The van der Waals surface area contributed by atoms with Gasteiger partial charge in [0.25, 0.3) is 5.91 Å². The van der Waals surface area contributed by atoms with E-state index in [2.05, 4.69) is 5.32 Å². The van der Waals surface area contributed by atoms with Gasteiger partial charge in [-0.05, 0) is 34.5 Å². The van der Waals surface area contributed by atoms with Crippen LogP contribution in [0.5, 0.6) is 11.5 Å². The van der Waals surface area contributed by atoms with Crippen LogP contribution in [0, 0.1) is 5.82 Å². The lowest BCUT2D eigenvalue weighted by molar-refractivity contribution is -0.123. The van der Waals surface area contributed by atoms with Crippen molar-refractivity contribution >= 4 is 16.7 Å². The Morgan fingerprint density at radius 1 is 0.900 bits per heavy atom. The number of para-hydroxylation sites is 1. The van der Waals surface area contributed by atoms with Crippen LogP contribution in [0.1, 0.15) is 17.2 Å². The molecule has 0 fully saturated rings. The summed E-state index contributed by atoms with van der Waals surface area (Å²) in [5.74, 6) is -0.870. The van der Waals surface area contributed by atoms with Crippen molar-refractivity contribution in [2.24, 2.45) is 0 Å². The van der Waals surface area contributed by atoms with Gasteiger partial charge >= 0.3 is 0 Å². The van der Waals surface area contributed by atoms with E-state index in [0.717, 1.165) is 16.3 Å². The van der Waals surface area contributed by atoms with E-state index in [1.807, 2.05) is 60.7 Å². The molecule has 2 N–H and O–H groups in total. The van der Waals surface area contributed by atoms with E-state index in [1.165, 1.54) is 12.1 Å². The van der Waals surface area contributed by atoms with Gasteiger partial charge in [-0.3, -0.25) is 4.79 Å². The van der Waals surface area contributed by atoms with Crippen molar-refractivity contribution in [3.63, 3.8) is 0 Å². The first-order chi connectivity index (χ1) is 14.6. The lowest BCUT2D eigenvalue weighted by Crippen LogP contribution is -2.33. The van der Waals surface area contributed by atoms with Crippen LogP contribution in [0.25, 0.3) is 10.8 Å². The number of fused-ring (bicyclic) bond motifs is 1. The van der Waals surface area contributed by atoms with Crippen LogP contribution in [-0.4, -0.2) is 17.6 Å². The van der Waals surface area contributed by atoms with Gasteiger partial charge in [-0.1, -0.05) is 72.8 Å². The molecule has 0 saturated heterocycles. The van der Waals surface area contributed by atoms with Crippen molar-refractivity contribution in [1.29, 1.82) is 0 Å². The van der Waals surface area contributed by atoms with Gasteiger partial charge in [-0.2, -0.15) is 0 Å². The Kier molecular flexibility index (Phi) is 5.61. The van der Waals surface area contributed by atoms with Gasteiger partial charge in [0, 0.05) is 5.56 Å². The predicted molar refractivity (Wildman–Crippen MR) is 114 cm³/mol. The third-order valence-corrected chi connectivity index (χ3v) is 4.87. The van der Waals surface area contributed by atoms with Crippen LogP contribution in [0.4, 0.5) is 4.39 Å². The van der Waals surface area contributed by atoms with Gasteiger partial charge in [0.2, 0.25) is 0 Å². The molecule has 0 heterocycles. The van der Waals surface area contributed by atoms with Gasteiger partial charge < -0.3 is 15.2 Å². The number of phenolic OH excluding ortho intramolecular Hbond substituents is 1. The molecule has 150 valence electrons. The molecule has 4 aromatic carbocycles. The number of halogens is 1. The van der Waals surface area contributed by atoms with Crippen molar-refractivity contribution in [2.45, 2.75) is 6.04 Å². The second-order valence-corrected chi connectivity index (χ2v) is 6.85. The number of benzene rings is 4. The van der Waals surface area contributed by atoms with Crippen LogP contribution in [-0.2, 0) is 4.79 Å². The summed E-state index contributed by atoms with van der Waals surface area (Å²) in [6.07, 6.45) is 0. The Balaban J connectivity index is 1.66. The average Bonchev–Trinajstić information content (AvgIpc) is 2.78. The van der Waals surface area contributed by atoms with E-state index in [1.54, 1.807) is 18.2 Å². The van der Waals surface area contributed by atoms with E-state index in [0.29, 0.717) is 5.56 Å². The fourth-order valence-electron chi connectivity index (χ4n) is 3.46. The Bertz CT molecular complexity index is 1180. The largest absolute Gasteiger partial charge is 0.508 e. The maximum absolute atomic E-state index is 13.8. The second-order valence-electron chi connectivity index (χ2n) is 6.85. The Hall–Kier alpha value is -3.86. The summed E-state index contributed by atoms with van der Waals surface area (Å²) in [7, 11) is 0.